The van der Waals surface area contributed by atoms with Gasteiger partial charge in [-0.05, 0) is 64.6 Å². The van der Waals surface area contributed by atoms with Gasteiger partial charge < -0.3 is 0 Å². The average molecular weight is 336 g/mol. The van der Waals surface area contributed by atoms with Crippen molar-refractivity contribution in [3.8, 4) is 0 Å². The Bertz CT molecular complexity index is 574. The van der Waals surface area contributed by atoms with Gasteiger partial charge in [-0.1, -0.05) is 49.1 Å². The second kappa shape index (κ2) is 6.60. The Morgan fingerprint density at radius 2 is 2.06 bits per heavy atom. The minimum absolute atomic E-state index is 1.06. The van der Waals surface area contributed by atoms with Gasteiger partial charge >= 0.3 is 0 Å². The molecule has 88 valence electrons. The van der Waals surface area contributed by atoms with Crippen molar-refractivity contribution in [1.29, 1.82) is 0 Å². The number of allylic oxidation sites excluding steroid dienone is 4. The highest BCUT2D eigenvalue weighted by Crippen LogP contribution is 2.08. The van der Waals surface area contributed by atoms with Crippen LogP contribution in [0.15, 0.2) is 55.2 Å². The third kappa shape index (κ3) is 3.70. The summed E-state index contributed by atoms with van der Waals surface area (Å²) in [7, 11) is 0. The molecule has 0 saturated carbocycles. The Kier molecular flexibility index (Phi) is 5.42. The first-order chi connectivity index (χ1) is 8.10. The zero-order valence-electron chi connectivity index (χ0n) is 10.3. The van der Waals surface area contributed by atoms with E-state index in [1.165, 1.54) is 14.0 Å². The maximum absolute atomic E-state index is 4.05. The number of halogens is 1. The second-order valence-electron chi connectivity index (χ2n) is 3.81. The first kappa shape index (κ1) is 14.0. The molecule has 17 heavy (non-hydrogen) atoms. The lowest BCUT2D eigenvalue weighted by Gasteiger charge is -2.02. The highest BCUT2D eigenvalue weighted by Gasteiger charge is 1.97. The predicted molar refractivity (Wildman–Crippen MR) is 86.1 cm³/mol. The van der Waals surface area contributed by atoms with Crippen molar-refractivity contribution in [1.82, 2.24) is 0 Å². The molecule has 0 fully saturated rings. The summed E-state index contributed by atoms with van der Waals surface area (Å²) in [6, 6.07) is 6.45. The van der Waals surface area contributed by atoms with Gasteiger partial charge in [0, 0.05) is 3.57 Å². The number of benzene rings is 1. The van der Waals surface area contributed by atoms with Crippen LogP contribution in [0.3, 0.4) is 0 Å². The number of hydrogen-bond acceptors (Lipinski definition) is 0. The molecule has 0 amide bonds. The van der Waals surface area contributed by atoms with Gasteiger partial charge in [-0.2, -0.15) is 0 Å². The van der Waals surface area contributed by atoms with Crippen LogP contribution in [0.5, 0.6) is 0 Å². The molecule has 0 radical (unpaired) electrons. The Labute approximate surface area is 117 Å². The summed E-state index contributed by atoms with van der Waals surface area (Å²) in [5.74, 6) is 0. The van der Waals surface area contributed by atoms with Crippen molar-refractivity contribution in [3.05, 3.63) is 69.2 Å². The van der Waals surface area contributed by atoms with Crippen LogP contribution in [0.2, 0.25) is 0 Å². The molecule has 0 aromatic heterocycles. The summed E-state index contributed by atoms with van der Waals surface area (Å²) in [6.45, 7) is 11.8. The third-order valence-electron chi connectivity index (χ3n) is 2.48. The molecule has 0 bridgehead atoms. The van der Waals surface area contributed by atoms with Gasteiger partial charge in [0.15, 0.2) is 0 Å². The van der Waals surface area contributed by atoms with E-state index in [1.807, 2.05) is 13.0 Å². The Morgan fingerprint density at radius 1 is 1.35 bits per heavy atom. The van der Waals surface area contributed by atoms with Crippen LogP contribution < -0.4 is 10.4 Å². The van der Waals surface area contributed by atoms with E-state index in [1.54, 1.807) is 6.08 Å². The first-order valence-electron chi connectivity index (χ1n) is 5.51. The van der Waals surface area contributed by atoms with E-state index in [0.29, 0.717) is 0 Å². The lowest BCUT2D eigenvalue weighted by atomic mass is 10.0. The van der Waals surface area contributed by atoms with Gasteiger partial charge in [0.25, 0.3) is 0 Å². The Hall–Kier alpha value is -1.09. The first-order valence-corrected chi connectivity index (χ1v) is 6.59. The van der Waals surface area contributed by atoms with Crippen molar-refractivity contribution in [3.63, 3.8) is 0 Å². The van der Waals surface area contributed by atoms with Gasteiger partial charge in [-0.25, -0.2) is 0 Å². The molecule has 0 atom stereocenters. The van der Waals surface area contributed by atoms with E-state index in [0.717, 1.165) is 11.1 Å². The van der Waals surface area contributed by atoms with Crippen molar-refractivity contribution in [2.24, 2.45) is 0 Å². The standard InChI is InChI=1S/C16H17I/c1-5-7-8-15(12(3)4)16-11-14(17)10-9-13(16)6-2/h5-11H,1,3H2,2,4H3/b8-7-,13-6-,16-15-. The summed E-state index contributed by atoms with van der Waals surface area (Å²) >= 11 is 2.33. The summed E-state index contributed by atoms with van der Waals surface area (Å²) in [6.07, 6.45) is 7.92. The molecule has 1 aromatic rings. The molecule has 1 heteroatoms. The van der Waals surface area contributed by atoms with Gasteiger partial charge in [-0.3, -0.25) is 0 Å². The molecule has 0 aliphatic rings. The largest absolute Gasteiger partial charge is 0.0991 e. The highest BCUT2D eigenvalue weighted by molar-refractivity contribution is 14.1. The van der Waals surface area contributed by atoms with Crippen molar-refractivity contribution in [2.75, 3.05) is 0 Å². The van der Waals surface area contributed by atoms with E-state index in [4.69, 9.17) is 0 Å². The van der Waals surface area contributed by atoms with Gasteiger partial charge in [-0.15, -0.1) is 0 Å². The van der Waals surface area contributed by atoms with E-state index in [-0.39, 0.29) is 0 Å². The summed E-state index contributed by atoms with van der Waals surface area (Å²) in [5.41, 5.74) is 2.23. The quantitative estimate of drug-likeness (QED) is 0.585. The monoisotopic (exact) mass is 336 g/mol. The Morgan fingerprint density at radius 3 is 2.59 bits per heavy atom. The van der Waals surface area contributed by atoms with E-state index in [9.17, 15) is 0 Å². The van der Waals surface area contributed by atoms with Crippen molar-refractivity contribution >= 4 is 34.2 Å². The molecule has 1 aromatic carbocycles. The predicted octanol–water partition coefficient (Wildman–Crippen LogP) is 3.56. The Balaban J connectivity index is 3.74. The summed E-state index contributed by atoms with van der Waals surface area (Å²) in [4.78, 5) is 0. The highest BCUT2D eigenvalue weighted by atomic mass is 127. The second-order valence-corrected chi connectivity index (χ2v) is 5.05. The smallest absolute Gasteiger partial charge is 0.0136 e. The fraction of sp³-hybridized carbons (Fsp3) is 0.125. The SMILES string of the molecule is C=C\C=C/C(C(=C)C)=c1\cc(I)cc\c1=C\C. The van der Waals surface area contributed by atoms with Crippen LogP contribution in [-0.4, -0.2) is 0 Å². The van der Waals surface area contributed by atoms with Crippen LogP contribution >= 0.6 is 22.6 Å². The van der Waals surface area contributed by atoms with E-state index >= 15 is 0 Å². The van der Waals surface area contributed by atoms with Crippen molar-refractivity contribution < 1.29 is 0 Å². The molecule has 0 N–H and O–H groups in total. The lowest BCUT2D eigenvalue weighted by molar-refractivity contribution is 1.43. The molecule has 0 aliphatic heterocycles. The summed E-state index contributed by atoms with van der Waals surface area (Å²) in [5, 5.41) is 2.46. The van der Waals surface area contributed by atoms with Crippen LogP contribution in [0.25, 0.3) is 11.6 Å². The molecule has 0 spiro atoms. The topological polar surface area (TPSA) is 0 Å². The van der Waals surface area contributed by atoms with Crippen LogP contribution in [0.1, 0.15) is 13.8 Å². The zero-order chi connectivity index (χ0) is 12.8. The van der Waals surface area contributed by atoms with Crippen LogP contribution in [0.4, 0.5) is 0 Å². The van der Waals surface area contributed by atoms with Crippen LogP contribution in [-0.2, 0) is 0 Å². The van der Waals surface area contributed by atoms with Gasteiger partial charge in [0.05, 0.1) is 0 Å². The normalized spacial score (nSPS) is 13.9. The third-order valence-corrected chi connectivity index (χ3v) is 3.15. The maximum atomic E-state index is 4.05. The zero-order valence-corrected chi connectivity index (χ0v) is 12.5. The van der Waals surface area contributed by atoms with E-state index in [2.05, 4.69) is 73.0 Å². The molecule has 0 unspecified atom stereocenters. The molecule has 0 nitrogen and oxygen atoms in total. The molecule has 0 saturated heterocycles. The fourth-order valence-corrected chi connectivity index (χ4v) is 2.13. The maximum Gasteiger partial charge on any atom is 0.0136 e. The van der Waals surface area contributed by atoms with Gasteiger partial charge in [0.2, 0.25) is 0 Å². The number of hydrogen-bond donors (Lipinski definition) is 0. The summed E-state index contributed by atoms with van der Waals surface area (Å²) < 4.78 is 1.23. The molecule has 0 heterocycles. The fourth-order valence-electron chi connectivity index (χ4n) is 1.64. The minimum atomic E-state index is 1.06. The lowest BCUT2D eigenvalue weighted by Crippen LogP contribution is -2.26. The number of rotatable bonds is 3. The molecule has 1 rings (SSSR count). The van der Waals surface area contributed by atoms with Crippen LogP contribution in [0, 0.1) is 3.57 Å². The molecule has 0 aliphatic carbocycles. The minimum Gasteiger partial charge on any atom is -0.0991 e. The molecular formula is C16H17I. The van der Waals surface area contributed by atoms with Gasteiger partial charge in [0.1, 0.15) is 0 Å². The van der Waals surface area contributed by atoms with Crippen molar-refractivity contribution in [2.45, 2.75) is 13.8 Å². The average Bonchev–Trinajstić information content (AvgIpc) is 2.29. The molecular weight excluding hydrogens is 319 g/mol. The van der Waals surface area contributed by atoms with E-state index < -0.39 is 0 Å².